The fraction of sp³-hybridized carbons (Fsp3) is 0.185. The zero-order valence-electron chi connectivity index (χ0n) is 20.7. The molecule has 0 spiro atoms. The number of hydrogen-bond donors (Lipinski definition) is 0. The average Bonchev–Trinajstić information content (AvgIpc) is 3.65. The van der Waals surface area contributed by atoms with Gasteiger partial charge < -0.3 is 0 Å². The van der Waals surface area contributed by atoms with Gasteiger partial charge in [-0.15, -0.1) is 0 Å². The Hall–Kier alpha value is -4.97. The summed E-state index contributed by atoms with van der Waals surface area (Å²) in [6.45, 7) is -0.354. The molecule has 200 valence electrons. The molecule has 3 aromatic carbocycles. The maximum atomic E-state index is 13.6. The second kappa shape index (κ2) is 9.97. The maximum absolute atomic E-state index is 13.6. The zero-order chi connectivity index (χ0) is 28.0. The van der Waals surface area contributed by atoms with Gasteiger partial charge in [0.1, 0.15) is 6.54 Å². The van der Waals surface area contributed by atoms with Crippen LogP contribution in [0.15, 0.2) is 94.3 Å². The first kappa shape index (κ1) is 25.3. The summed E-state index contributed by atoms with van der Waals surface area (Å²) in [5.74, 6) is -1.55. The van der Waals surface area contributed by atoms with Gasteiger partial charge in [-0.1, -0.05) is 59.3 Å². The summed E-state index contributed by atoms with van der Waals surface area (Å²) in [5.41, 5.74) is 2.45. The molecular formula is C27H20ClN7O5. The van der Waals surface area contributed by atoms with Crippen molar-refractivity contribution < 1.29 is 19.3 Å². The Balaban J connectivity index is 1.26. The average molecular weight is 558 g/mol. The molecule has 13 heteroatoms. The molecule has 0 aromatic heterocycles. The van der Waals surface area contributed by atoms with E-state index in [1.807, 2.05) is 30.3 Å². The number of carbonyl (C=O) groups is 3. The van der Waals surface area contributed by atoms with E-state index < -0.39 is 40.8 Å². The highest BCUT2D eigenvalue weighted by atomic mass is 35.5. The minimum Gasteiger partial charge on any atom is -0.271 e. The van der Waals surface area contributed by atoms with Crippen LogP contribution in [-0.4, -0.2) is 57.0 Å². The van der Waals surface area contributed by atoms with Crippen molar-refractivity contribution in [1.29, 1.82) is 0 Å². The van der Waals surface area contributed by atoms with Gasteiger partial charge in [0.05, 0.1) is 22.4 Å². The van der Waals surface area contributed by atoms with Crippen molar-refractivity contribution in [2.24, 2.45) is 15.4 Å². The lowest BCUT2D eigenvalue weighted by Crippen LogP contribution is -2.44. The van der Waals surface area contributed by atoms with Gasteiger partial charge in [-0.2, -0.15) is 10.2 Å². The number of nitro groups is 1. The summed E-state index contributed by atoms with van der Waals surface area (Å²) in [5, 5.41) is 26.7. The molecular weight excluding hydrogens is 538 g/mol. The van der Waals surface area contributed by atoms with Crippen LogP contribution in [0, 0.1) is 10.1 Å². The Morgan fingerprint density at radius 1 is 0.975 bits per heavy atom. The summed E-state index contributed by atoms with van der Waals surface area (Å²) in [6, 6.07) is 18.9. The van der Waals surface area contributed by atoms with Gasteiger partial charge in [0.2, 0.25) is 0 Å². The minimum atomic E-state index is -1.07. The normalized spacial score (nSPS) is 21.7. The van der Waals surface area contributed by atoms with Gasteiger partial charge in [0, 0.05) is 23.6 Å². The molecule has 0 saturated carbocycles. The van der Waals surface area contributed by atoms with Gasteiger partial charge in [0.25, 0.3) is 23.4 Å². The molecule has 1 fully saturated rings. The molecule has 3 heterocycles. The van der Waals surface area contributed by atoms with E-state index in [2.05, 4.69) is 15.4 Å². The molecule has 0 N–H and O–H groups in total. The Morgan fingerprint density at radius 2 is 1.68 bits per heavy atom. The van der Waals surface area contributed by atoms with E-state index in [1.54, 1.807) is 36.4 Å². The van der Waals surface area contributed by atoms with Gasteiger partial charge >= 0.3 is 0 Å². The fourth-order valence-corrected chi connectivity index (χ4v) is 5.16. The summed E-state index contributed by atoms with van der Waals surface area (Å²) in [7, 11) is 0. The first-order valence-electron chi connectivity index (χ1n) is 12.3. The van der Waals surface area contributed by atoms with E-state index in [4.69, 9.17) is 11.6 Å². The number of rotatable bonds is 6. The molecule has 3 amide bonds. The number of amides is 3. The lowest BCUT2D eigenvalue weighted by atomic mass is 9.98. The fourth-order valence-electron chi connectivity index (χ4n) is 5.03. The van der Waals surface area contributed by atoms with Crippen LogP contribution in [0.2, 0.25) is 5.02 Å². The number of hydrazone groups is 1. The predicted molar refractivity (Wildman–Crippen MR) is 143 cm³/mol. The van der Waals surface area contributed by atoms with Crippen molar-refractivity contribution in [2.45, 2.75) is 24.5 Å². The molecule has 1 saturated heterocycles. The van der Waals surface area contributed by atoms with Gasteiger partial charge in [0.15, 0.2) is 12.1 Å². The number of non-ortho nitro benzene ring substituents is 1. The molecule has 3 aromatic rings. The molecule has 3 atom stereocenters. The smallest absolute Gasteiger partial charge is 0.269 e. The van der Waals surface area contributed by atoms with E-state index in [0.717, 1.165) is 10.5 Å². The lowest BCUT2D eigenvalue weighted by Gasteiger charge is -2.25. The van der Waals surface area contributed by atoms with Crippen LogP contribution in [-0.2, 0) is 14.4 Å². The number of fused-ring (bicyclic) bond motifs is 1. The molecule has 0 aliphatic carbocycles. The Labute approximate surface area is 232 Å². The molecule has 3 aliphatic rings. The van der Waals surface area contributed by atoms with E-state index in [9.17, 15) is 24.5 Å². The third-order valence-electron chi connectivity index (χ3n) is 7.00. The lowest BCUT2D eigenvalue weighted by molar-refractivity contribution is -0.384. The van der Waals surface area contributed by atoms with Crippen LogP contribution in [0.1, 0.15) is 23.6 Å². The second-order valence-corrected chi connectivity index (χ2v) is 9.84. The second-order valence-electron chi connectivity index (χ2n) is 9.40. The number of carbonyl (C=O) groups excluding carboxylic acids is 3. The summed E-state index contributed by atoms with van der Waals surface area (Å²) in [4.78, 5) is 51.6. The number of anilines is 1. The first-order chi connectivity index (χ1) is 19.3. The SMILES string of the molecule is O=C1[C@@H]2N=NN(CC(=O)N3N=C(c4ccccc4)C[C@H]3c3ccc([N+](=O)[O-])cc3)[C@H]2C(=O)N1c1ccc(Cl)cc1. The Bertz CT molecular complexity index is 1580. The number of nitro benzene ring substituents is 1. The molecule has 12 nitrogen and oxygen atoms in total. The van der Waals surface area contributed by atoms with E-state index in [1.165, 1.54) is 22.2 Å². The highest BCUT2D eigenvalue weighted by molar-refractivity contribution is 6.31. The highest BCUT2D eigenvalue weighted by Gasteiger charge is 2.55. The molecule has 0 unspecified atom stereocenters. The van der Waals surface area contributed by atoms with Crippen molar-refractivity contribution in [3.63, 3.8) is 0 Å². The quantitative estimate of drug-likeness (QED) is 0.255. The van der Waals surface area contributed by atoms with E-state index in [0.29, 0.717) is 28.4 Å². The largest absolute Gasteiger partial charge is 0.271 e. The first-order valence-corrected chi connectivity index (χ1v) is 12.7. The maximum Gasteiger partial charge on any atom is 0.269 e. The molecule has 0 radical (unpaired) electrons. The highest BCUT2D eigenvalue weighted by Crippen LogP contribution is 2.36. The molecule has 6 rings (SSSR count). The number of benzene rings is 3. The standard InChI is InChI=1S/C27H20ClN7O5/c28-18-8-12-19(13-9-18)33-26(37)24-25(27(33)38)32(31-29-24)15-23(36)34-22(17-6-10-20(11-7-17)35(39)40)14-21(30-34)16-4-2-1-3-5-16/h1-13,22,24-25H,14-15H2/t22-,24+,25+/m0/s1. The topological polar surface area (TPSA) is 141 Å². The van der Waals surface area contributed by atoms with Gasteiger partial charge in [-0.25, -0.2) is 9.91 Å². The van der Waals surface area contributed by atoms with Crippen molar-refractivity contribution >= 4 is 46.4 Å². The van der Waals surface area contributed by atoms with Crippen LogP contribution >= 0.6 is 11.6 Å². The van der Waals surface area contributed by atoms with Crippen molar-refractivity contribution in [3.8, 4) is 0 Å². The monoisotopic (exact) mass is 557 g/mol. The number of nitrogens with zero attached hydrogens (tertiary/aromatic N) is 7. The number of imide groups is 1. The zero-order valence-corrected chi connectivity index (χ0v) is 21.5. The van der Waals surface area contributed by atoms with Crippen molar-refractivity contribution in [2.75, 3.05) is 11.4 Å². The van der Waals surface area contributed by atoms with Gasteiger partial charge in [-0.05, 0) is 35.4 Å². The van der Waals surface area contributed by atoms with Crippen LogP contribution in [0.4, 0.5) is 11.4 Å². The molecule has 3 aliphatic heterocycles. The van der Waals surface area contributed by atoms with Crippen molar-refractivity contribution in [3.05, 3.63) is 105 Å². The van der Waals surface area contributed by atoms with Crippen LogP contribution in [0.3, 0.4) is 0 Å². The molecule has 40 heavy (non-hydrogen) atoms. The summed E-state index contributed by atoms with van der Waals surface area (Å²) < 4.78 is 0. The van der Waals surface area contributed by atoms with E-state index in [-0.39, 0.29) is 12.2 Å². The third kappa shape index (κ3) is 4.37. The summed E-state index contributed by atoms with van der Waals surface area (Å²) in [6.07, 6.45) is 0.378. The summed E-state index contributed by atoms with van der Waals surface area (Å²) >= 11 is 5.94. The Morgan fingerprint density at radius 3 is 2.35 bits per heavy atom. The predicted octanol–water partition coefficient (Wildman–Crippen LogP) is 3.92. The Kier molecular flexibility index (Phi) is 6.31. The minimum absolute atomic E-state index is 0.0676. The number of hydrogen-bond acceptors (Lipinski definition) is 9. The van der Waals surface area contributed by atoms with Crippen molar-refractivity contribution in [1.82, 2.24) is 10.0 Å². The number of halogens is 1. The van der Waals surface area contributed by atoms with Gasteiger partial charge in [-0.3, -0.25) is 29.5 Å². The van der Waals surface area contributed by atoms with Crippen LogP contribution in [0.5, 0.6) is 0 Å². The molecule has 0 bridgehead atoms. The van der Waals surface area contributed by atoms with Crippen LogP contribution in [0.25, 0.3) is 0 Å². The van der Waals surface area contributed by atoms with Crippen LogP contribution < -0.4 is 4.90 Å². The third-order valence-corrected chi connectivity index (χ3v) is 7.25. The van der Waals surface area contributed by atoms with E-state index >= 15 is 0 Å².